The smallest absolute Gasteiger partial charge is 0.258 e. The predicted octanol–water partition coefficient (Wildman–Crippen LogP) is 4.79. The van der Waals surface area contributed by atoms with Gasteiger partial charge >= 0.3 is 0 Å². The molecule has 1 saturated heterocycles. The summed E-state index contributed by atoms with van der Waals surface area (Å²) in [6.45, 7) is 4.62. The average molecular weight is 465 g/mol. The minimum atomic E-state index is -0.221. The molecule has 1 aromatic heterocycles. The second kappa shape index (κ2) is 10.8. The van der Waals surface area contributed by atoms with Gasteiger partial charge in [0.2, 0.25) is 0 Å². The first-order chi connectivity index (χ1) is 17.2. The molecular weight excluding hydrogens is 436 g/mol. The number of amides is 1. The molecule has 1 aliphatic heterocycles. The quantitative estimate of drug-likeness (QED) is 0.410. The minimum Gasteiger partial charge on any atom is -0.355 e. The largest absolute Gasteiger partial charge is 0.355 e. The van der Waals surface area contributed by atoms with Crippen LogP contribution in [0.3, 0.4) is 0 Å². The molecule has 1 amide bonds. The summed E-state index contributed by atoms with van der Waals surface area (Å²) in [4.78, 5) is 26.5. The highest BCUT2D eigenvalue weighted by molar-refractivity contribution is 6.08. The van der Waals surface area contributed by atoms with Gasteiger partial charge in [0, 0.05) is 44.5 Å². The van der Waals surface area contributed by atoms with Crippen LogP contribution in [0.15, 0.2) is 97.3 Å². The Morgan fingerprint density at radius 2 is 1.49 bits per heavy atom. The van der Waals surface area contributed by atoms with E-state index >= 15 is 0 Å². The topological polar surface area (TPSA) is 73.4 Å². The fraction of sp³-hybridized carbons (Fsp3) is 0.179. The van der Waals surface area contributed by atoms with Gasteiger partial charge in [-0.15, -0.1) is 0 Å². The molecule has 0 bridgehead atoms. The summed E-state index contributed by atoms with van der Waals surface area (Å²) in [5, 5.41) is 6.26. The van der Waals surface area contributed by atoms with E-state index in [4.69, 9.17) is 0 Å². The zero-order valence-electron chi connectivity index (χ0n) is 19.5. The Morgan fingerprint density at radius 1 is 0.800 bits per heavy atom. The summed E-state index contributed by atoms with van der Waals surface area (Å²) in [6.07, 6.45) is 1.51. The van der Waals surface area contributed by atoms with Crippen LogP contribution in [0.2, 0.25) is 0 Å². The van der Waals surface area contributed by atoms with Gasteiger partial charge < -0.3 is 15.5 Å². The fourth-order valence-corrected chi connectivity index (χ4v) is 4.22. The Bertz CT molecular complexity index is 1260. The number of benzene rings is 3. The summed E-state index contributed by atoms with van der Waals surface area (Å²) in [5.41, 5.74) is 3.53. The third-order valence-corrected chi connectivity index (χ3v) is 6.06. The maximum absolute atomic E-state index is 13.1. The molecule has 3 aromatic carbocycles. The highest BCUT2D eigenvalue weighted by atomic mass is 16.1. The van der Waals surface area contributed by atoms with Gasteiger partial charge in [-0.3, -0.25) is 9.69 Å². The molecular formula is C28H28N6O. The summed E-state index contributed by atoms with van der Waals surface area (Å²) in [6, 6.07) is 29.6. The van der Waals surface area contributed by atoms with Crippen molar-refractivity contribution < 1.29 is 4.79 Å². The normalized spacial score (nSPS) is 13.9. The summed E-state index contributed by atoms with van der Waals surface area (Å²) >= 11 is 0. The molecule has 0 atom stereocenters. The summed E-state index contributed by atoms with van der Waals surface area (Å²) in [5.74, 6) is 1.09. The maximum atomic E-state index is 13.1. The third-order valence-electron chi connectivity index (χ3n) is 6.06. The second-order valence-electron chi connectivity index (χ2n) is 8.50. The van der Waals surface area contributed by atoms with Crippen molar-refractivity contribution in [2.75, 3.05) is 41.7 Å². The van der Waals surface area contributed by atoms with Crippen molar-refractivity contribution >= 4 is 28.9 Å². The van der Waals surface area contributed by atoms with Crippen LogP contribution in [0.25, 0.3) is 0 Å². The van der Waals surface area contributed by atoms with Crippen molar-refractivity contribution in [3.8, 4) is 0 Å². The van der Waals surface area contributed by atoms with Gasteiger partial charge in [-0.25, -0.2) is 9.97 Å². The highest BCUT2D eigenvalue weighted by Crippen LogP contribution is 2.23. The van der Waals surface area contributed by atoms with E-state index in [-0.39, 0.29) is 5.91 Å². The molecule has 2 N–H and O–H groups in total. The first-order valence-corrected chi connectivity index (χ1v) is 11.8. The van der Waals surface area contributed by atoms with Crippen LogP contribution < -0.4 is 15.5 Å². The van der Waals surface area contributed by atoms with Crippen molar-refractivity contribution in [1.29, 1.82) is 0 Å². The number of rotatable bonds is 7. The van der Waals surface area contributed by atoms with Crippen molar-refractivity contribution in [2.45, 2.75) is 6.54 Å². The Morgan fingerprint density at radius 3 is 2.26 bits per heavy atom. The standard InChI is InChI=1S/C28H28N6O/c35-28(24-13-7-8-14-25(24)31-23-11-5-2-6-12-23)32-26-19-27(30-21-29-26)34-17-15-33(16-18-34)20-22-9-3-1-4-10-22/h1-14,19,21,31H,15-18,20H2,(H,29,30,32,35). The van der Waals surface area contributed by atoms with E-state index in [1.54, 1.807) is 6.07 Å². The molecule has 7 heteroatoms. The van der Waals surface area contributed by atoms with Gasteiger partial charge in [0.05, 0.1) is 11.3 Å². The lowest BCUT2D eigenvalue weighted by Crippen LogP contribution is -2.46. The summed E-state index contributed by atoms with van der Waals surface area (Å²) < 4.78 is 0. The minimum absolute atomic E-state index is 0.221. The zero-order chi connectivity index (χ0) is 23.9. The molecule has 4 aromatic rings. The molecule has 1 fully saturated rings. The van der Waals surface area contributed by atoms with Gasteiger partial charge in [0.15, 0.2) is 0 Å². The van der Waals surface area contributed by atoms with Crippen LogP contribution in [0.5, 0.6) is 0 Å². The lowest BCUT2D eigenvalue weighted by molar-refractivity contribution is 0.102. The Balaban J connectivity index is 1.22. The Labute approximate surface area is 205 Å². The molecule has 5 rings (SSSR count). The van der Waals surface area contributed by atoms with Crippen molar-refractivity contribution in [1.82, 2.24) is 14.9 Å². The number of anilines is 4. The SMILES string of the molecule is O=C(Nc1cc(N2CCN(Cc3ccccc3)CC2)ncn1)c1ccccc1Nc1ccccc1. The maximum Gasteiger partial charge on any atom is 0.258 e. The molecule has 2 heterocycles. The van der Waals surface area contributed by atoms with E-state index in [0.29, 0.717) is 11.4 Å². The third kappa shape index (κ3) is 5.83. The first kappa shape index (κ1) is 22.6. The number of para-hydroxylation sites is 2. The van der Waals surface area contributed by atoms with E-state index in [9.17, 15) is 4.79 Å². The van der Waals surface area contributed by atoms with Crippen LogP contribution in [0, 0.1) is 0 Å². The van der Waals surface area contributed by atoms with E-state index in [0.717, 1.165) is 49.9 Å². The highest BCUT2D eigenvalue weighted by Gasteiger charge is 2.19. The molecule has 0 aliphatic carbocycles. The molecule has 0 spiro atoms. The van der Waals surface area contributed by atoms with Gasteiger partial charge in [0.25, 0.3) is 5.91 Å². The molecule has 0 unspecified atom stereocenters. The molecule has 0 saturated carbocycles. The van der Waals surface area contributed by atoms with Crippen LogP contribution in [-0.4, -0.2) is 47.0 Å². The van der Waals surface area contributed by atoms with Gasteiger partial charge in [-0.1, -0.05) is 60.7 Å². The lowest BCUT2D eigenvalue weighted by Gasteiger charge is -2.35. The number of nitrogens with zero attached hydrogens (tertiary/aromatic N) is 4. The molecule has 0 radical (unpaired) electrons. The Hall–Kier alpha value is -4.23. The van der Waals surface area contributed by atoms with Gasteiger partial charge in [-0.2, -0.15) is 0 Å². The molecule has 1 aliphatic rings. The van der Waals surface area contributed by atoms with E-state index in [1.165, 1.54) is 11.9 Å². The molecule has 35 heavy (non-hydrogen) atoms. The van der Waals surface area contributed by atoms with Crippen molar-refractivity contribution in [2.24, 2.45) is 0 Å². The Kier molecular flexibility index (Phi) is 6.96. The van der Waals surface area contributed by atoms with Crippen LogP contribution in [-0.2, 0) is 6.54 Å². The van der Waals surface area contributed by atoms with Crippen LogP contribution >= 0.6 is 0 Å². The second-order valence-corrected chi connectivity index (χ2v) is 8.50. The predicted molar refractivity (Wildman–Crippen MR) is 140 cm³/mol. The van der Waals surface area contributed by atoms with E-state index < -0.39 is 0 Å². The zero-order valence-corrected chi connectivity index (χ0v) is 19.5. The monoisotopic (exact) mass is 464 g/mol. The van der Waals surface area contributed by atoms with E-state index in [2.05, 4.69) is 54.7 Å². The number of carbonyl (C=O) groups is 1. The number of hydrogen-bond donors (Lipinski definition) is 2. The number of aromatic nitrogens is 2. The van der Waals surface area contributed by atoms with Crippen LogP contribution in [0.4, 0.5) is 23.0 Å². The van der Waals surface area contributed by atoms with Crippen LogP contribution in [0.1, 0.15) is 15.9 Å². The van der Waals surface area contributed by atoms with Crippen molar-refractivity contribution in [3.05, 3.63) is 108 Å². The van der Waals surface area contributed by atoms with Crippen molar-refractivity contribution in [3.63, 3.8) is 0 Å². The number of carbonyl (C=O) groups excluding carboxylic acids is 1. The fourth-order valence-electron chi connectivity index (χ4n) is 4.22. The first-order valence-electron chi connectivity index (χ1n) is 11.8. The molecule has 7 nitrogen and oxygen atoms in total. The van der Waals surface area contributed by atoms with Gasteiger partial charge in [0.1, 0.15) is 18.0 Å². The number of nitrogens with one attached hydrogen (secondary N) is 2. The number of piperazine rings is 1. The number of hydrogen-bond acceptors (Lipinski definition) is 6. The van der Waals surface area contributed by atoms with E-state index in [1.807, 2.05) is 60.7 Å². The summed E-state index contributed by atoms with van der Waals surface area (Å²) in [7, 11) is 0. The lowest BCUT2D eigenvalue weighted by atomic mass is 10.1. The average Bonchev–Trinajstić information content (AvgIpc) is 2.91. The molecule has 176 valence electrons. The van der Waals surface area contributed by atoms with Gasteiger partial charge in [-0.05, 0) is 29.8 Å².